The molecule has 0 spiro atoms. The van der Waals surface area contributed by atoms with Crippen LogP contribution in [0.2, 0.25) is 0 Å². The molecule has 2 rings (SSSR count). The van der Waals surface area contributed by atoms with Crippen LogP contribution in [-0.2, 0) is 6.61 Å². The van der Waals surface area contributed by atoms with Crippen molar-refractivity contribution in [2.24, 2.45) is 0 Å². The van der Waals surface area contributed by atoms with Gasteiger partial charge in [0.2, 0.25) is 5.88 Å². The molecular weight excluding hydrogens is 311 g/mol. The summed E-state index contributed by atoms with van der Waals surface area (Å²) in [5, 5.41) is 3.85. The number of benzene rings is 1. The highest BCUT2D eigenvalue weighted by Gasteiger charge is 2.30. The fraction of sp³-hybridized carbons (Fsp3) is 0.182. The number of aromatic nitrogens is 2. The number of rotatable bonds is 4. The summed E-state index contributed by atoms with van der Waals surface area (Å²) in [6, 6.07) is 5.89. The van der Waals surface area contributed by atoms with Gasteiger partial charge in [0.1, 0.15) is 6.61 Å². The highest BCUT2D eigenvalue weighted by atomic mass is 32.2. The van der Waals surface area contributed by atoms with Gasteiger partial charge in [-0.1, -0.05) is 6.07 Å². The van der Waals surface area contributed by atoms with Crippen LogP contribution in [0.3, 0.4) is 0 Å². The number of nitrogens with two attached hydrogens (primary N) is 1. The summed E-state index contributed by atoms with van der Waals surface area (Å²) in [7, 11) is 0. The largest absolute Gasteiger partial charge is 0.472 e. The first-order valence-corrected chi connectivity index (χ1v) is 6.57. The molecule has 0 atom stereocenters. The van der Waals surface area contributed by atoms with Crippen molar-refractivity contribution in [2.45, 2.75) is 17.0 Å². The molecule has 0 saturated heterocycles. The van der Waals surface area contributed by atoms with Crippen molar-refractivity contribution >= 4 is 30.3 Å². The Hall–Kier alpha value is -1.48. The van der Waals surface area contributed by atoms with Crippen LogP contribution in [0.5, 0.6) is 5.88 Å². The molecule has 1 aromatic carbocycles. The molecule has 0 radical (unpaired) electrons. The molecule has 0 unspecified atom stereocenters. The third kappa shape index (κ3) is 4.01. The number of ether oxygens (including phenoxy) is 1. The van der Waals surface area contributed by atoms with Gasteiger partial charge < -0.3 is 10.5 Å². The molecule has 9 heteroatoms. The highest BCUT2D eigenvalue weighted by Crippen LogP contribution is 2.40. The number of nitrogen functional groups attached to an aromatic ring is 1. The Balaban J connectivity index is 2.17. The van der Waals surface area contributed by atoms with E-state index in [1.54, 1.807) is 6.07 Å². The van der Waals surface area contributed by atoms with Crippen LogP contribution in [0.15, 0.2) is 35.4 Å². The van der Waals surface area contributed by atoms with Gasteiger partial charge in [0.15, 0.2) is 0 Å². The van der Waals surface area contributed by atoms with Gasteiger partial charge in [-0.25, -0.2) is 4.09 Å². The van der Waals surface area contributed by atoms with E-state index in [1.165, 1.54) is 28.5 Å². The van der Waals surface area contributed by atoms with Crippen LogP contribution in [-0.4, -0.2) is 14.7 Å². The van der Waals surface area contributed by atoms with Crippen molar-refractivity contribution in [1.82, 2.24) is 9.19 Å². The molecule has 0 amide bonds. The zero-order chi connectivity index (χ0) is 14.8. The van der Waals surface area contributed by atoms with E-state index in [0.29, 0.717) is 0 Å². The van der Waals surface area contributed by atoms with E-state index in [-0.39, 0.29) is 40.4 Å². The van der Waals surface area contributed by atoms with Crippen LogP contribution in [0, 0.1) is 0 Å². The molecule has 0 fully saturated rings. The fourth-order valence-electron chi connectivity index (χ4n) is 1.48. The average molecular weight is 321 g/mol. The normalized spacial score (nSPS) is 11.6. The van der Waals surface area contributed by atoms with Gasteiger partial charge in [-0.2, -0.15) is 13.2 Å². The van der Waals surface area contributed by atoms with Crippen molar-refractivity contribution in [1.29, 1.82) is 0 Å². The lowest BCUT2D eigenvalue weighted by molar-refractivity contribution is -0.0328. The molecule has 2 aromatic rings. The van der Waals surface area contributed by atoms with E-state index in [9.17, 15) is 13.2 Å². The zero-order valence-electron chi connectivity index (χ0n) is 9.96. The van der Waals surface area contributed by atoms with Crippen molar-refractivity contribution in [3.8, 4) is 5.88 Å². The summed E-state index contributed by atoms with van der Waals surface area (Å²) in [5.41, 5.74) is 1.85. The molecule has 0 aliphatic carbocycles. The molecule has 20 heavy (non-hydrogen) atoms. The lowest BCUT2D eigenvalue weighted by atomic mass is 10.2. The van der Waals surface area contributed by atoms with Gasteiger partial charge in [0, 0.05) is 28.4 Å². The maximum atomic E-state index is 12.5. The van der Waals surface area contributed by atoms with Gasteiger partial charge in [0.05, 0.1) is 0 Å². The summed E-state index contributed by atoms with van der Waals surface area (Å²) in [6.45, 7) is -0.101. The predicted molar refractivity (Wildman–Crippen MR) is 73.7 cm³/mol. The van der Waals surface area contributed by atoms with E-state index in [1.807, 2.05) is 0 Å². The first-order chi connectivity index (χ1) is 9.35. The van der Waals surface area contributed by atoms with Crippen molar-refractivity contribution < 1.29 is 17.9 Å². The smallest absolute Gasteiger partial charge is 0.446 e. The Morgan fingerprint density at radius 3 is 2.70 bits per heavy atom. The number of anilines is 1. The standard InChI is InChI=1S/C11H10F3N3OS2/c12-11(13,14)20-9-3-1-2-8(15)7(9)6-18-10-4-5-17(19)16-10/h1-5,19H,6,15H2. The minimum atomic E-state index is -4.38. The number of hydrogen-bond donors (Lipinski definition) is 2. The van der Waals surface area contributed by atoms with E-state index in [2.05, 4.69) is 17.9 Å². The molecule has 0 saturated carbocycles. The number of nitrogens with zero attached hydrogens (tertiary/aromatic N) is 2. The molecule has 108 valence electrons. The number of thioether (sulfide) groups is 1. The zero-order valence-corrected chi connectivity index (χ0v) is 11.7. The summed E-state index contributed by atoms with van der Waals surface area (Å²) in [6.07, 6.45) is 1.54. The predicted octanol–water partition coefficient (Wildman–Crippen LogP) is 3.35. The van der Waals surface area contributed by atoms with Gasteiger partial charge in [-0.05, 0) is 36.7 Å². The third-order valence-corrected chi connectivity index (χ3v) is 3.37. The molecule has 0 aliphatic rings. The maximum Gasteiger partial charge on any atom is 0.446 e. The number of halogens is 3. The van der Waals surface area contributed by atoms with Crippen molar-refractivity contribution in [3.05, 3.63) is 36.0 Å². The van der Waals surface area contributed by atoms with Crippen LogP contribution in [0.4, 0.5) is 18.9 Å². The summed E-state index contributed by atoms with van der Waals surface area (Å²) in [4.78, 5) is 0.0165. The monoisotopic (exact) mass is 321 g/mol. The van der Waals surface area contributed by atoms with Crippen molar-refractivity contribution in [2.75, 3.05) is 5.73 Å². The van der Waals surface area contributed by atoms with E-state index >= 15 is 0 Å². The summed E-state index contributed by atoms with van der Waals surface area (Å²) < 4.78 is 44.0. The third-order valence-electron chi connectivity index (χ3n) is 2.31. The van der Waals surface area contributed by atoms with Gasteiger partial charge in [-0.15, -0.1) is 5.10 Å². The van der Waals surface area contributed by atoms with E-state index in [4.69, 9.17) is 10.5 Å². The van der Waals surface area contributed by atoms with Crippen molar-refractivity contribution in [3.63, 3.8) is 0 Å². The fourth-order valence-corrected chi connectivity index (χ4v) is 2.33. The number of thiol groups is 1. The Morgan fingerprint density at radius 1 is 1.35 bits per heavy atom. The minimum Gasteiger partial charge on any atom is -0.472 e. The summed E-state index contributed by atoms with van der Waals surface area (Å²) in [5.74, 6) is 0.256. The highest BCUT2D eigenvalue weighted by molar-refractivity contribution is 8.00. The minimum absolute atomic E-state index is 0.0165. The van der Waals surface area contributed by atoms with Crippen LogP contribution >= 0.6 is 24.6 Å². The quantitative estimate of drug-likeness (QED) is 0.515. The molecule has 4 nitrogen and oxygen atoms in total. The molecular formula is C11H10F3N3OS2. The molecule has 0 aliphatic heterocycles. The Bertz CT molecular complexity index is 601. The second-order valence-electron chi connectivity index (χ2n) is 3.73. The second kappa shape index (κ2) is 5.88. The first kappa shape index (κ1) is 14.9. The number of alkyl halides is 3. The Morgan fingerprint density at radius 2 is 2.10 bits per heavy atom. The first-order valence-electron chi connectivity index (χ1n) is 5.36. The lowest BCUT2D eigenvalue weighted by Crippen LogP contribution is -2.06. The lowest BCUT2D eigenvalue weighted by Gasteiger charge is -2.13. The SMILES string of the molecule is Nc1cccc(SC(F)(F)F)c1COc1ccn(S)n1. The van der Waals surface area contributed by atoms with Crippen LogP contribution in [0.1, 0.15) is 5.56 Å². The Labute approximate surface area is 122 Å². The van der Waals surface area contributed by atoms with E-state index < -0.39 is 5.51 Å². The van der Waals surface area contributed by atoms with E-state index in [0.717, 1.165) is 0 Å². The molecule has 1 heterocycles. The van der Waals surface area contributed by atoms with Gasteiger partial charge in [-0.3, -0.25) is 0 Å². The van der Waals surface area contributed by atoms with Gasteiger partial charge >= 0.3 is 5.51 Å². The second-order valence-corrected chi connectivity index (χ2v) is 5.25. The number of hydrogen-bond acceptors (Lipinski definition) is 5. The molecule has 1 aromatic heterocycles. The van der Waals surface area contributed by atoms with Crippen LogP contribution in [0.25, 0.3) is 0 Å². The van der Waals surface area contributed by atoms with Crippen LogP contribution < -0.4 is 10.5 Å². The maximum absolute atomic E-state index is 12.5. The molecule has 2 N–H and O–H groups in total. The topological polar surface area (TPSA) is 53.1 Å². The van der Waals surface area contributed by atoms with Gasteiger partial charge in [0.25, 0.3) is 0 Å². The summed E-state index contributed by atoms with van der Waals surface area (Å²) >= 11 is 3.71. The molecule has 0 bridgehead atoms. The Kier molecular flexibility index (Phi) is 4.39. The average Bonchev–Trinajstić information content (AvgIpc) is 2.72.